The van der Waals surface area contributed by atoms with Gasteiger partial charge >= 0.3 is 5.97 Å². The van der Waals surface area contributed by atoms with Gasteiger partial charge in [0.05, 0.1) is 0 Å². The molecule has 542 valence electrons. The summed E-state index contributed by atoms with van der Waals surface area (Å²) < 4.78 is 17.4. The summed E-state index contributed by atoms with van der Waals surface area (Å²) in [5.41, 5.74) is 23.5. The number of hydrogen-bond acceptors (Lipinski definition) is 15. The van der Waals surface area contributed by atoms with E-state index in [1.807, 2.05) is 30.3 Å². The number of hydrogen-bond donors (Lipinski definition) is 5. The minimum atomic E-state index is -1.80. The van der Waals surface area contributed by atoms with Crippen LogP contribution in [0.25, 0.3) is 0 Å². The van der Waals surface area contributed by atoms with Crippen LogP contribution in [0, 0.1) is 29.6 Å². The maximum absolute atomic E-state index is 12.2. The van der Waals surface area contributed by atoms with Gasteiger partial charge in [-0.3, -0.25) is 9.00 Å². The summed E-state index contributed by atoms with van der Waals surface area (Å²) >= 11 is 0. The Morgan fingerprint density at radius 1 is 0.455 bits per heavy atom. The van der Waals surface area contributed by atoms with Gasteiger partial charge in [0, 0.05) is 158 Å². The molecule has 0 aromatic heterocycles. The largest absolute Gasteiger partial charge is 0.461 e. The molecule has 0 bridgehead atoms. The Kier molecular flexibility index (Phi) is 24.1. The number of ether oxygens (including phenoxy) is 1. The maximum atomic E-state index is 12.2. The molecular formula is C85H118N12O3S. The molecule has 1 aliphatic carbocycles. The van der Waals surface area contributed by atoms with E-state index in [0.29, 0.717) is 25.0 Å². The van der Waals surface area contributed by atoms with Crippen LogP contribution >= 0.6 is 0 Å². The van der Waals surface area contributed by atoms with E-state index in [4.69, 9.17) is 4.74 Å². The highest BCUT2D eigenvalue weighted by Gasteiger charge is 2.40. The molecule has 4 atom stereocenters. The molecule has 0 spiro atoms. The Hall–Kier alpha value is -6.47. The minimum Gasteiger partial charge on any atom is -0.461 e. The molecule has 0 radical (unpaired) electrons. The van der Waals surface area contributed by atoms with E-state index in [1.165, 1.54) is 165 Å². The molecule has 11 aliphatic heterocycles. The second kappa shape index (κ2) is 34.0. The van der Waals surface area contributed by atoms with E-state index in [-0.39, 0.29) is 5.97 Å². The van der Waals surface area contributed by atoms with Crippen molar-refractivity contribution in [3.8, 4) is 0 Å². The van der Waals surface area contributed by atoms with E-state index >= 15 is 0 Å². The van der Waals surface area contributed by atoms with Crippen LogP contribution in [0.2, 0.25) is 0 Å². The predicted molar refractivity (Wildman–Crippen MR) is 421 cm³/mol. The van der Waals surface area contributed by atoms with Crippen molar-refractivity contribution in [3.05, 3.63) is 183 Å². The third-order valence-corrected chi connectivity index (χ3v) is 26.6. The molecule has 1 saturated carbocycles. The molecule has 7 fully saturated rings. The quantitative estimate of drug-likeness (QED) is 0.0660. The lowest BCUT2D eigenvalue weighted by atomic mass is 9.91. The van der Waals surface area contributed by atoms with Crippen LogP contribution in [0.5, 0.6) is 0 Å². The summed E-state index contributed by atoms with van der Waals surface area (Å²) in [6.45, 7) is 25.0. The number of benzene rings is 6. The summed E-state index contributed by atoms with van der Waals surface area (Å²) in [4.78, 5) is 29.9. The second-order valence-corrected chi connectivity index (χ2v) is 34.2. The van der Waals surface area contributed by atoms with Crippen LogP contribution in [-0.4, -0.2) is 176 Å². The van der Waals surface area contributed by atoms with E-state index < -0.39 is 9.52 Å². The lowest BCUT2D eigenvalue weighted by Crippen LogP contribution is -2.42. The first-order valence-electron chi connectivity index (χ1n) is 39.1. The average Bonchev–Trinajstić information content (AvgIpc) is 1.67. The van der Waals surface area contributed by atoms with Gasteiger partial charge in [0.25, 0.3) is 0 Å². The van der Waals surface area contributed by atoms with E-state index in [2.05, 4.69) is 179 Å². The van der Waals surface area contributed by atoms with Gasteiger partial charge in [0.2, 0.25) is 0 Å². The highest BCUT2D eigenvalue weighted by molar-refractivity contribution is 8.00. The van der Waals surface area contributed by atoms with Crippen molar-refractivity contribution < 1.29 is 13.7 Å². The fourth-order valence-corrected chi connectivity index (χ4v) is 20.2. The molecular weight excluding hydrogens is 1270 g/mol. The number of rotatable bonds is 10. The Morgan fingerprint density at radius 2 is 0.861 bits per heavy atom. The molecule has 5 N–H and O–H groups in total. The Morgan fingerprint density at radius 3 is 1.33 bits per heavy atom. The summed E-state index contributed by atoms with van der Waals surface area (Å²) in [7, 11) is 4.98. The van der Waals surface area contributed by atoms with E-state index in [0.717, 1.165) is 158 Å². The van der Waals surface area contributed by atoms with E-state index in [9.17, 15) is 9.00 Å². The van der Waals surface area contributed by atoms with Gasteiger partial charge in [-0.2, -0.15) is 0 Å². The second-order valence-electron chi connectivity index (χ2n) is 31.5. The van der Waals surface area contributed by atoms with Crippen molar-refractivity contribution in [2.24, 2.45) is 29.6 Å². The zero-order chi connectivity index (χ0) is 69.1. The fraction of sp³-hybridized carbons (Fsp3) is 0.553. The molecule has 15 nitrogen and oxygen atoms in total. The first kappa shape index (κ1) is 71.5. The van der Waals surface area contributed by atoms with Crippen molar-refractivity contribution >= 4 is 49.8 Å². The summed E-state index contributed by atoms with van der Waals surface area (Å²) in [6.07, 6.45) is 15.4. The standard InChI is InChI=1S/C23H28N2O2.C16H23N3.C16H25N3.C16H22N2.C14H20N2OS/c26-23(27-17-19-5-2-1-3-6-19)15-18-10-13-25(14-11-18)22-8-4-7-20-16-24-12-9-21(20)22;1-18-8-13-10-19(11-14(13)9-18)16-4-2-3-12-7-17-6-5-15(12)16;1-18-10-7-14(8-11-18)19(2)16-5-3-4-13-12-17-9-6-15(13)16;1-4-13-10-18(11-14(13)5-1)16-6-2-3-12-9-17-8-7-15(12)16;1-18(17)9-7-16(8-10-18)14-4-2-3-12-11-15-6-5-13(12)14/h1-8,18,24H,9-17H2;2-4,13-14,17H,5-11H2,1H3;3-5,14,17H,6-12H2,1-2H3;2-3,6,13-14,17H,1,4-5,7-11H2;2-4,15H,1,5-11H2. The number of esters is 1. The number of likely N-dealkylation sites (tertiary alicyclic amines) is 2. The highest BCUT2D eigenvalue weighted by Crippen LogP contribution is 2.42. The summed E-state index contributed by atoms with van der Waals surface area (Å²) in [6, 6.07) is 44.4. The van der Waals surface area contributed by atoms with Crippen molar-refractivity contribution in [1.29, 1.82) is 0 Å². The molecule has 0 amide bonds. The predicted octanol–water partition coefficient (Wildman–Crippen LogP) is 10.3. The number of piperidine rings is 2. The number of nitrogens with zero attached hydrogens (tertiary/aromatic N) is 7. The number of anilines is 5. The zero-order valence-corrected chi connectivity index (χ0v) is 62.2. The van der Waals surface area contributed by atoms with Crippen LogP contribution < -0.4 is 51.1 Å². The molecule has 6 aromatic carbocycles. The Labute approximate surface area is 605 Å². The van der Waals surface area contributed by atoms with Gasteiger partial charge < -0.3 is 65.6 Å². The zero-order valence-electron chi connectivity index (χ0n) is 61.4. The molecule has 18 rings (SSSR count). The third-order valence-electron chi connectivity index (χ3n) is 24.7. The Balaban J connectivity index is 0.000000108. The number of fused-ring (bicyclic) bond motifs is 7. The SMILES string of the molecule is C=S1(=O)CCN(c2cccc3c2CCNC3)CC1.CN1CC2CN(c3cccc4c3CCNC4)CC2C1.CN1CCC(N(C)c2cccc3c2CCNC3)CC1.O=C(CC1CCN(c2cccc3c2CCNC3)CC1)OCc1ccccc1.c1cc2c(c(N3CC4CCCC4C3)c1)CCNC2. The number of nitrogens with one attached hydrogen (secondary N) is 5. The van der Waals surface area contributed by atoms with Gasteiger partial charge in [-0.1, -0.05) is 97.4 Å². The first-order valence-corrected chi connectivity index (χ1v) is 41.2. The summed E-state index contributed by atoms with van der Waals surface area (Å²) in [5.74, 6) is 9.42. The minimum absolute atomic E-state index is 0.0690. The van der Waals surface area contributed by atoms with Gasteiger partial charge in [-0.25, -0.2) is 0 Å². The molecule has 4 unspecified atom stereocenters. The molecule has 6 saturated heterocycles. The third kappa shape index (κ3) is 17.8. The van der Waals surface area contributed by atoms with Gasteiger partial charge in [0.1, 0.15) is 6.61 Å². The van der Waals surface area contributed by atoms with Crippen molar-refractivity contribution in [2.45, 2.75) is 129 Å². The maximum Gasteiger partial charge on any atom is 0.306 e. The van der Waals surface area contributed by atoms with Crippen molar-refractivity contribution in [2.75, 3.05) is 168 Å². The molecule has 101 heavy (non-hydrogen) atoms. The van der Waals surface area contributed by atoms with Crippen LogP contribution in [0.1, 0.15) is 113 Å². The average molecular weight is 1390 g/mol. The molecule has 6 aromatic rings. The molecule has 16 heteroatoms. The Bertz CT molecular complexity index is 3740. The fourth-order valence-electron chi connectivity index (χ4n) is 18.9. The molecule has 11 heterocycles. The van der Waals surface area contributed by atoms with Gasteiger partial charge in [0.15, 0.2) is 0 Å². The van der Waals surface area contributed by atoms with Gasteiger partial charge in [-0.05, 0) is 267 Å². The van der Waals surface area contributed by atoms with Crippen LogP contribution in [-0.2, 0) is 90.5 Å². The van der Waals surface area contributed by atoms with Crippen molar-refractivity contribution in [1.82, 2.24) is 36.4 Å². The monoisotopic (exact) mass is 1390 g/mol. The topological polar surface area (TPSA) is 126 Å². The lowest BCUT2D eigenvalue weighted by Gasteiger charge is -2.38. The first-order chi connectivity index (χ1) is 49.4. The smallest absolute Gasteiger partial charge is 0.306 e. The highest BCUT2D eigenvalue weighted by atomic mass is 32.2. The van der Waals surface area contributed by atoms with Crippen molar-refractivity contribution in [3.63, 3.8) is 0 Å². The normalized spacial score (nSPS) is 23.8. The van der Waals surface area contributed by atoms with Crippen LogP contribution in [0.3, 0.4) is 0 Å². The number of carbonyl (C=O) groups excluding carboxylic acids is 1. The van der Waals surface area contributed by atoms with Crippen LogP contribution in [0.4, 0.5) is 28.4 Å². The lowest BCUT2D eigenvalue weighted by molar-refractivity contribution is -0.146. The van der Waals surface area contributed by atoms with Gasteiger partial charge in [-0.15, -0.1) is 0 Å². The van der Waals surface area contributed by atoms with Crippen LogP contribution in [0.15, 0.2) is 121 Å². The number of carbonyl (C=O) groups is 1. The summed E-state index contributed by atoms with van der Waals surface area (Å²) in [5, 5.41) is 17.3. The van der Waals surface area contributed by atoms with E-state index in [1.54, 1.807) is 22.4 Å². The molecule has 12 aliphatic rings.